The highest BCUT2D eigenvalue weighted by atomic mass is 16.3. The van der Waals surface area contributed by atoms with Crippen molar-refractivity contribution >= 4 is 17.4 Å². The van der Waals surface area contributed by atoms with Crippen molar-refractivity contribution in [3.63, 3.8) is 0 Å². The molecule has 26 heavy (non-hydrogen) atoms. The van der Waals surface area contributed by atoms with Crippen molar-refractivity contribution in [2.45, 2.75) is 13.0 Å². The van der Waals surface area contributed by atoms with Gasteiger partial charge >= 0.3 is 0 Å². The van der Waals surface area contributed by atoms with Gasteiger partial charge in [0.05, 0.1) is 18.2 Å². The van der Waals surface area contributed by atoms with Crippen LogP contribution < -0.4 is 0 Å². The molecule has 134 valence electrons. The van der Waals surface area contributed by atoms with Crippen LogP contribution in [0.4, 0.5) is 0 Å². The number of ketones is 1. The van der Waals surface area contributed by atoms with E-state index in [-0.39, 0.29) is 30.2 Å². The van der Waals surface area contributed by atoms with Gasteiger partial charge in [0.25, 0.3) is 11.7 Å². The Morgan fingerprint density at radius 1 is 1.04 bits per heavy atom. The van der Waals surface area contributed by atoms with Gasteiger partial charge in [0.2, 0.25) is 0 Å². The summed E-state index contributed by atoms with van der Waals surface area (Å²) in [5.74, 6) is -1.78. The van der Waals surface area contributed by atoms with E-state index in [0.29, 0.717) is 11.1 Å². The van der Waals surface area contributed by atoms with Crippen molar-refractivity contribution in [1.29, 1.82) is 0 Å². The van der Waals surface area contributed by atoms with Crippen LogP contribution in [0.5, 0.6) is 5.75 Å². The molecule has 2 aromatic rings. The van der Waals surface area contributed by atoms with Gasteiger partial charge in [0, 0.05) is 12.1 Å². The maximum Gasteiger partial charge on any atom is 0.295 e. The average Bonchev–Trinajstić information content (AvgIpc) is 2.88. The Labute approximate surface area is 150 Å². The number of carbonyl (C=O) groups is 2. The van der Waals surface area contributed by atoms with Crippen LogP contribution in [0, 0.1) is 6.92 Å². The van der Waals surface area contributed by atoms with E-state index in [0.717, 1.165) is 5.56 Å². The number of aliphatic hydroxyl groups is 2. The summed E-state index contributed by atoms with van der Waals surface area (Å²) in [6, 6.07) is 12.2. The smallest absolute Gasteiger partial charge is 0.295 e. The van der Waals surface area contributed by atoms with Crippen LogP contribution in [0.15, 0.2) is 54.1 Å². The predicted molar refractivity (Wildman–Crippen MR) is 95.4 cm³/mol. The van der Waals surface area contributed by atoms with E-state index in [1.54, 1.807) is 36.4 Å². The summed E-state index contributed by atoms with van der Waals surface area (Å²) in [6.45, 7) is 1.55. The lowest BCUT2D eigenvalue weighted by Gasteiger charge is -2.24. The normalized spacial score (nSPS) is 19.2. The Hall–Kier alpha value is -3.12. The fraction of sp³-hybridized carbons (Fsp3) is 0.200. The topological polar surface area (TPSA) is 98.1 Å². The third kappa shape index (κ3) is 3.07. The number of phenols is 1. The first-order valence-electron chi connectivity index (χ1n) is 8.19. The molecule has 1 heterocycles. The molecule has 1 aliphatic heterocycles. The molecule has 1 fully saturated rings. The standard InChI is InChI=1S/C20H19NO5/c1-12-2-4-14(5-3-12)18(24)16-17(13-6-8-15(23)9-7-13)21(10-11-22)20(26)19(16)25/h2-9,17,22-24H,10-11H2,1H3/b18-16-. The summed E-state index contributed by atoms with van der Waals surface area (Å²) >= 11 is 0. The molecule has 6 nitrogen and oxygen atoms in total. The van der Waals surface area contributed by atoms with E-state index in [1.165, 1.54) is 17.0 Å². The number of Topliss-reactive ketones (excluding diaryl/α,β-unsaturated/α-hetero) is 1. The summed E-state index contributed by atoms with van der Waals surface area (Å²) in [6.07, 6.45) is 0. The van der Waals surface area contributed by atoms with Gasteiger partial charge in [0.15, 0.2) is 0 Å². The van der Waals surface area contributed by atoms with Crippen molar-refractivity contribution in [2.75, 3.05) is 13.2 Å². The third-order valence-electron chi connectivity index (χ3n) is 4.41. The van der Waals surface area contributed by atoms with Crippen molar-refractivity contribution in [1.82, 2.24) is 4.90 Å². The molecule has 0 saturated carbocycles. The number of β-amino-alcohol motifs (C(OH)–C–C–N with tert-alkyl or cyclic N) is 1. The van der Waals surface area contributed by atoms with Gasteiger partial charge in [-0.3, -0.25) is 9.59 Å². The van der Waals surface area contributed by atoms with Crippen LogP contribution in [-0.2, 0) is 9.59 Å². The van der Waals surface area contributed by atoms with Gasteiger partial charge in [-0.1, -0.05) is 42.0 Å². The zero-order valence-electron chi connectivity index (χ0n) is 14.2. The van der Waals surface area contributed by atoms with Crippen molar-refractivity contribution in [3.8, 4) is 5.75 Å². The number of aromatic hydroxyl groups is 1. The molecule has 0 radical (unpaired) electrons. The minimum atomic E-state index is -0.830. The Morgan fingerprint density at radius 3 is 2.23 bits per heavy atom. The van der Waals surface area contributed by atoms with Gasteiger partial charge in [0.1, 0.15) is 11.5 Å². The molecule has 0 bridgehead atoms. The van der Waals surface area contributed by atoms with Gasteiger partial charge in [-0.05, 0) is 24.6 Å². The second-order valence-electron chi connectivity index (χ2n) is 6.17. The Balaban J connectivity index is 2.17. The van der Waals surface area contributed by atoms with Crippen LogP contribution in [0.25, 0.3) is 5.76 Å². The largest absolute Gasteiger partial charge is 0.508 e. The van der Waals surface area contributed by atoms with Gasteiger partial charge in [-0.2, -0.15) is 0 Å². The molecule has 1 unspecified atom stereocenters. The van der Waals surface area contributed by atoms with E-state index in [2.05, 4.69) is 0 Å². The molecule has 0 aromatic heterocycles. The first-order chi connectivity index (χ1) is 12.4. The van der Waals surface area contributed by atoms with Crippen LogP contribution in [0.1, 0.15) is 22.7 Å². The minimum Gasteiger partial charge on any atom is -0.508 e. The summed E-state index contributed by atoms with van der Waals surface area (Å²) < 4.78 is 0. The van der Waals surface area contributed by atoms with E-state index >= 15 is 0 Å². The molecule has 3 N–H and O–H groups in total. The van der Waals surface area contributed by atoms with E-state index in [4.69, 9.17) is 0 Å². The SMILES string of the molecule is Cc1ccc(/C(O)=C2/C(=O)C(=O)N(CCO)C2c2ccc(O)cc2)cc1. The predicted octanol–water partition coefficient (Wildman–Crippen LogP) is 2.11. The van der Waals surface area contributed by atoms with Crippen LogP contribution >= 0.6 is 0 Å². The van der Waals surface area contributed by atoms with Gasteiger partial charge in [-0.25, -0.2) is 0 Å². The summed E-state index contributed by atoms with van der Waals surface area (Å²) in [7, 11) is 0. The van der Waals surface area contributed by atoms with Crippen molar-refractivity contribution in [3.05, 3.63) is 70.8 Å². The third-order valence-corrected chi connectivity index (χ3v) is 4.41. The minimum absolute atomic E-state index is 0.0296. The number of phenolic OH excluding ortho intramolecular Hbond substituents is 1. The number of nitrogens with zero attached hydrogens (tertiary/aromatic N) is 1. The molecular formula is C20H19NO5. The van der Waals surface area contributed by atoms with Crippen molar-refractivity contribution in [2.24, 2.45) is 0 Å². The highest BCUT2D eigenvalue weighted by Crippen LogP contribution is 2.39. The highest BCUT2D eigenvalue weighted by molar-refractivity contribution is 6.46. The number of aliphatic hydroxyl groups excluding tert-OH is 2. The number of amides is 1. The maximum absolute atomic E-state index is 12.6. The Kier molecular flexibility index (Phi) is 4.77. The molecule has 6 heteroatoms. The fourth-order valence-corrected chi connectivity index (χ4v) is 3.09. The summed E-state index contributed by atoms with van der Waals surface area (Å²) in [5.41, 5.74) is 1.96. The molecule has 1 amide bonds. The second kappa shape index (κ2) is 7.01. The number of benzene rings is 2. The number of carbonyl (C=O) groups excluding carboxylic acids is 2. The van der Waals surface area contributed by atoms with E-state index in [1.807, 2.05) is 6.92 Å². The number of aryl methyl sites for hydroxylation is 1. The lowest BCUT2D eigenvalue weighted by molar-refractivity contribution is -0.140. The maximum atomic E-state index is 12.6. The van der Waals surface area contributed by atoms with Gasteiger partial charge < -0.3 is 20.2 Å². The monoisotopic (exact) mass is 353 g/mol. The lowest BCUT2D eigenvalue weighted by atomic mass is 9.95. The highest BCUT2D eigenvalue weighted by Gasteiger charge is 2.45. The fourth-order valence-electron chi connectivity index (χ4n) is 3.09. The zero-order chi connectivity index (χ0) is 18.8. The number of likely N-dealkylation sites (tertiary alicyclic amines) is 1. The molecule has 3 rings (SSSR count). The number of hydrogen-bond acceptors (Lipinski definition) is 5. The number of hydrogen-bond donors (Lipinski definition) is 3. The first kappa shape index (κ1) is 17.7. The summed E-state index contributed by atoms with van der Waals surface area (Å²) in [4.78, 5) is 26.2. The number of rotatable bonds is 4. The lowest BCUT2D eigenvalue weighted by Crippen LogP contribution is -2.32. The van der Waals surface area contributed by atoms with Gasteiger partial charge in [-0.15, -0.1) is 0 Å². The Bertz CT molecular complexity index is 868. The van der Waals surface area contributed by atoms with Crippen LogP contribution in [0.3, 0.4) is 0 Å². The van der Waals surface area contributed by atoms with E-state index < -0.39 is 17.7 Å². The molecular weight excluding hydrogens is 334 g/mol. The average molecular weight is 353 g/mol. The van der Waals surface area contributed by atoms with Crippen molar-refractivity contribution < 1.29 is 24.9 Å². The molecule has 1 aliphatic rings. The molecule has 0 spiro atoms. The second-order valence-corrected chi connectivity index (χ2v) is 6.17. The molecule has 0 aliphatic carbocycles. The molecule has 1 atom stereocenters. The molecule has 1 saturated heterocycles. The first-order valence-corrected chi connectivity index (χ1v) is 8.19. The molecule has 2 aromatic carbocycles. The van der Waals surface area contributed by atoms with Crippen LogP contribution in [0.2, 0.25) is 0 Å². The Morgan fingerprint density at radius 2 is 1.65 bits per heavy atom. The van der Waals surface area contributed by atoms with E-state index in [9.17, 15) is 24.9 Å². The zero-order valence-corrected chi connectivity index (χ0v) is 14.2. The summed E-state index contributed by atoms with van der Waals surface area (Å²) in [5, 5.41) is 29.5. The quantitative estimate of drug-likeness (QED) is 0.444. The van der Waals surface area contributed by atoms with Crippen LogP contribution in [-0.4, -0.2) is 45.1 Å².